The maximum atomic E-state index is 13.9. The van der Waals surface area contributed by atoms with Crippen molar-refractivity contribution in [1.29, 1.82) is 5.26 Å². The van der Waals surface area contributed by atoms with Crippen molar-refractivity contribution in [2.45, 2.75) is 19.3 Å². The van der Waals surface area contributed by atoms with Gasteiger partial charge in [-0.25, -0.2) is 19.3 Å². The van der Waals surface area contributed by atoms with Crippen molar-refractivity contribution in [1.82, 2.24) is 15.0 Å². The molecule has 0 spiro atoms. The van der Waals surface area contributed by atoms with Crippen LogP contribution < -0.4 is 5.32 Å². The first-order valence-electron chi connectivity index (χ1n) is 6.05. The molecule has 1 N–H and O–H groups in total. The molecule has 2 aromatic rings. The van der Waals surface area contributed by atoms with Crippen LogP contribution in [0, 0.1) is 17.1 Å². The second-order valence-electron chi connectivity index (χ2n) is 4.40. The maximum absolute atomic E-state index is 13.9. The van der Waals surface area contributed by atoms with E-state index in [1.807, 2.05) is 0 Å². The molecule has 2 heterocycles. The van der Waals surface area contributed by atoms with Crippen molar-refractivity contribution >= 4 is 23.2 Å². The summed E-state index contributed by atoms with van der Waals surface area (Å²) >= 11 is 5.81. The van der Waals surface area contributed by atoms with Crippen molar-refractivity contribution in [3.05, 3.63) is 40.2 Å². The number of nitrogens with one attached hydrogen (secondary N) is 1. The Morgan fingerprint density at radius 2 is 2.15 bits per heavy atom. The molecule has 0 aromatic carbocycles. The number of aromatic nitrogens is 3. The monoisotopic (exact) mass is 289 g/mol. The summed E-state index contributed by atoms with van der Waals surface area (Å²) in [6, 6.07) is 2.84. The largest absolute Gasteiger partial charge is 0.322 e. The van der Waals surface area contributed by atoms with Crippen LogP contribution in [0.15, 0.2) is 12.4 Å². The fourth-order valence-corrected chi connectivity index (χ4v) is 2.39. The van der Waals surface area contributed by atoms with E-state index < -0.39 is 5.82 Å². The lowest BCUT2D eigenvalue weighted by Gasteiger charge is -2.10. The summed E-state index contributed by atoms with van der Waals surface area (Å²) < 4.78 is 13.9. The molecule has 7 heteroatoms. The minimum atomic E-state index is -0.642. The summed E-state index contributed by atoms with van der Waals surface area (Å²) in [4.78, 5) is 12.2. The summed E-state index contributed by atoms with van der Waals surface area (Å²) in [6.45, 7) is 0. The van der Waals surface area contributed by atoms with Gasteiger partial charge in [0, 0.05) is 11.3 Å². The van der Waals surface area contributed by atoms with E-state index in [-0.39, 0.29) is 16.5 Å². The van der Waals surface area contributed by atoms with Crippen LogP contribution >= 0.6 is 11.6 Å². The van der Waals surface area contributed by atoms with Gasteiger partial charge in [-0.3, -0.25) is 0 Å². The zero-order chi connectivity index (χ0) is 14.1. The van der Waals surface area contributed by atoms with E-state index in [9.17, 15) is 4.39 Å². The van der Waals surface area contributed by atoms with Gasteiger partial charge in [0.2, 0.25) is 0 Å². The number of aryl methyl sites for hydroxylation is 1. The fourth-order valence-electron chi connectivity index (χ4n) is 2.21. The van der Waals surface area contributed by atoms with Gasteiger partial charge in [0.05, 0.1) is 5.56 Å². The minimum Gasteiger partial charge on any atom is -0.322 e. The third kappa shape index (κ3) is 2.17. The van der Waals surface area contributed by atoms with E-state index in [1.54, 1.807) is 6.07 Å². The van der Waals surface area contributed by atoms with Crippen LogP contribution in [-0.4, -0.2) is 15.0 Å². The number of hydrogen-bond donors (Lipinski definition) is 1. The molecular weight excluding hydrogens is 281 g/mol. The van der Waals surface area contributed by atoms with Crippen LogP contribution in [0.2, 0.25) is 5.15 Å². The molecule has 5 nitrogen and oxygen atoms in total. The van der Waals surface area contributed by atoms with Gasteiger partial charge in [-0.2, -0.15) is 5.26 Å². The maximum Gasteiger partial charge on any atom is 0.169 e. The quantitative estimate of drug-likeness (QED) is 0.861. The average Bonchev–Trinajstić information content (AvgIpc) is 2.92. The summed E-state index contributed by atoms with van der Waals surface area (Å²) in [5.74, 6) is -0.141. The molecule has 1 aliphatic rings. The van der Waals surface area contributed by atoms with Crippen molar-refractivity contribution in [2.24, 2.45) is 0 Å². The first-order valence-corrected chi connectivity index (χ1v) is 6.42. The number of hydrogen-bond acceptors (Lipinski definition) is 5. The molecule has 100 valence electrons. The standard InChI is InChI=1S/C13H9ClFN5/c14-11-7(5-16)4-9(15)13(19-11)20-12-8-2-1-3-10(8)17-6-18-12/h4,6H,1-3H2,(H,17,18,19,20). The summed E-state index contributed by atoms with van der Waals surface area (Å²) in [6.07, 6.45) is 4.20. The zero-order valence-electron chi connectivity index (χ0n) is 10.3. The average molecular weight is 290 g/mol. The highest BCUT2D eigenvalue weighted by Gasteiger charge is 2.19. The molecule has 0 saturated heterocycles. The summed E-state index contributed by atoms with van der Waals surface area (Å²) in [7, 11) is 0. The van der Waals surface area contributed by atoms with Gasteiger partial charge in [0.15, 0.2) is 11.6 Å². The van der Waals surface area contributed by atoms with Gasteiger partial charge in [0.25, 0.3) is 0 Å². The number of nitriles is 1. The number of nitrogens with zero attached hydrogens (tertiary/aromatic N) is 4. The number of halogens is 2. The Labute approximate surface area is 119 Å². The molecule has 0 bridgehead atoms. The molecule has 3 rings (SSSR count). The van der Waals surface area contributed by atoms with Gasteiger partial charge in [-0.15, -0.1) is 0 Å². The Hall–Kier alpha value is -2.26. The fraction of sp³-hybridized carbons (Fsp3) is 0.231. The van der Waals surface area contributed by atoms with Crippen molar-refractivity contribution in [2.75, 3.05) is 5.32 Å². The normalized spacial score (nSPS) is 12.8. The smallest absolute Gasteiger partial charge is 0.169 e. The Kier molecular flexibility index (Phi) is 3.20. The Bertz CT molecular complexity index is 725. The first-order chi connectivity index (χ1) is 9.69. The number of rotatable bonds is 2. The van der Waals surface area contributed by atoms with E-state index in [2.05, 4.69) is 20.3 Å². The van der Waals surface area contributed by atoms with E-state index in [0.29, 0.717) is 5.82 Å². The molecule has 2 aromatic heterocycles. The van der Waals surface area contributed by atoms with Crippen LogP contribution in [0.1, 0.15) is 23.2 Å². The molecule has 0 unspecified atom stereocenters. The van der Waals surface area contributed by atoms with Crippen LogP contribution in [0.5, 0.6) is 0 Å². The molecule has 0 amide bonds. The second-order valence-corrected chi connectivity index (χ2v) is 4.75. The predicted molar refractivity (Wildman–Crippen MR) is 71.3 cm³/mol. The van der Waals surface area contributed by atoms with E-state index in [1.165, 1.54) is 6.33 Å². The molecule has 0 aliphatic heterocycles. The lowest BCUT2D eigenvalue weighted by atomic mass is 10.2. The third-order valence-corrected chi connectivity index (χ3v) is 3.45. The molecular formula is C13H9ClFN5. The number of pyridine rings is 1. The Morgan fingerprint density at radius 1 is 1.30 bits per heavy atom. The van der Waals surface area contributed by atoms with Gasteiger partial charge in [-0.1, -0.05) is 11.6 Å². The minimum absolute atomic E-state index is 0.00244. The predicted octanol–water partition coefficient (Wildman–Crippen LogP) is 2.77. The molecule has 0 fully saturated rings. The SMILES string of the molecule is N#Cc1cc(F)c(Nc2ncnc3c2CCC3)nc1Cl. The van der Waals surface area contributed by atoms with E-state index in [4.69, 9.17) is 16.9 Å². The van der Waals surface area contributed by atoms with E-state index >= 15 is 0 Å². The molecule has 0 atom stereocenters. The lowest BCUT2D eigenvalue weighted by Crippen LogP contribution is -2.04. The Balaban J connectivity index is 1.99. The topological polar surface area (TPSA) is 74.5 Å². The van der Waals surface area contributed by atoms with Gasteiger partial charge < -0.3 is 5.32 Å². The second kappa shape index (κ2) is 5.02. The first kappa shape index (κ1) is 12.8. The van der Waals surface area contributed by atoms with Gasteiger partial charge >= 0.3 is 0 Å². The molecule has 0 radical (unpaired) electrons. The van der Waals surface area contributed by atoms with Gasteiger partial charge in [0.1, 0.15) is 23.4 Å². The summed E-state index contributed by atoms with van der Waals surface area (Å²) in [5.41, 5.74) is 1.96. The molecule has 20 heavy (non-hydrogen) atoms. The van der Waals surface area contributed by atoms with Crippen LogP contribution in [0.4, 0.5) is 16.0 Å². The van der Waals surface area contributed by atoms with Gasteiger partial charge in [-0.05, 0) is 25.3 Å². The van der Waals surface area contributed by atoms with Crippen molar-refractivity contribution in [3.8, 4) is 6.07 Å². The number of fused-ring (bicyclic) bond motifs is 1. The highest BCUT2D eigenvalue weighted by molar-refractivity contribution is 6.30. The number of anilines is 2. The van der Waals surface area contributed by atoms with Crippen LogP contribution in [0.3, 0.4) is 0 Å². The highest BCUT2D eigenvalue weighted by atomic mass is 35.5. The van der Waals surface area contributed by atoms with Crippen molar-refractivity contribution < 1.29 is 4.39 Å². The van der Waals surface area contributed by atoms with Crippen molar-refractivity contribution in [3.63, 3.8) is 0 Å². The highest BCUT2D eigenvalue weighted by Crippen LogP contribution is 2.28. The summed E-state index contributed by atoms with van der Waals surface area (Å²) in [5, 5.41) is 11.6. The van der Waals surface area contributed by atoms with Crippen LogP contribution in [-0.2, 0) is 12.8 Å². The molecule has 1 aliphatic carbocycles. The van der Waals surface area contributed by atoms with E-state index in [0.717, 1.165) is 36.6 Å². The molecule has 0 saturated carbocycles. The Morgan fingerprint density at radius 3 is 2.95 bits per heavy atom. The third-order valence-electron chi connectivity index (χ3n) is 3.16. The lowest BCUT2D eigenvalue weighted by molar-refractivity contribution is 0.625. The zero-order valence-corrected chi connectivity index (χ0v) is 11.1. The van der Waals surface area contributed by atoms with Crippen LogP contribution in [0.25, 0.3) is 0 Å².